The van der Waals surface area contributed by atoms with Gasteiger partial charge in [0.15, 0.2) is 0 Å². The Labute approximate surface area is 132 Å². The summed E-state index contributed by atoms with van der Waals surface area (Å²) in [5.41, 5.74) is 2.26. The minimum atomic E-state index is -3.12. The first-order valence-electron chi connectivity index (χ1n) is 7.34. The largest absolute Gasteiger partial charge is 0.351 e. The zero-order chi connectivity index (χ0) is 16.2. The number of sulfonamides is 1. The predicted molar refractivity (Wildman–Crippen MR) is 85.9 cm³/mol. The molecule has 0 bridgehead atoms. The number of nitrogens with zero attached hydrogens (tertiary/aromatic N) is 2. The number of hydrogen-bond donors (Lipinski definition) is 1. The van der Waals surface area contributed by atoms with Crippen molar-refractivity contribution in [1.29, 1.82) is 0 Å². The second-order valence-electron chi connectivity index (χ2n) is 5.70. The molecule has 0 atom stereocenters. The first-order valence-corrected chi connectivity index (χ1v) is 9.19. The van der Waals surface area contributed by atoms with E-state index in [9.17, 15) is 13.2 Å². The third-order valence-corrected chi connectivity index (χ3v) is 5.08. The van der Waals surface area contributed by atoms with Crippen LogP contribution in [0.4, 0.5) is 0 Å². The van der Waals surface area contributed by atoms with Gasteiger partial charge < -0.3 is 5.32 Å². The minimum absolute atomic E-state index is 0.0339. The Morgan fingerprint density at radius 2 is 1.73 bits per heavy atom. The number of rotatable bonds is 5. The number of benzene rings is 1. The molecule has 122 valence electrons. The Morgan fingerprint density at radius 3 is 2.27 bits per heavy atom. The van der Waals surface area contributed by atoms with Crippen molar-refractivity contribution >= 4 is 15.9 Å². The van der Waals surface area contributed by atoms with E-state index in [-0.39, 0.29) is 5.91 Å². The zero-order valence-corrected chi connectivity index (χ0v) is 13.9. The molecule has 2 rings (SSSR count). The number of aryl methyl sites for hydroxylation is 1. The van der Waals surface area contributed by atoms with E-state index in [1.807, 2.05) is 36.1 Å². The first-order chi connectivity index (χ1) is 10.3. The molecule has 1 aromatic carbocycles. The summed E-state index contributed by atoms with van der Waals surface area (Å²) in [5, 5.41) is 2.89. The molecule has 1 aliphatic heterocycles. The molecule has 1 heterocycles. The van der Waals surface area contributed by atoms with Gasteiger partial charge in [-0.15, -0.1) is 0 Å². The van der Waals surface area contributed by atoms with Gasteiger partial charge in [-0.1, -0.05) is 29.8 Å². The Bertz CT molecular complexity index is 605. The van der Waals surface area contributed by atoms with Crippen molar-refractivity contribution < 1.29 is 13.2 Å². The number of nitrogens with one attached hydrogen (secondary N) is 1. The molecule has 0 aliphatic carbocycles. The number of carbonyl (C=O) groups excluding carboxylic acids is 1. The fourth-order valence-electron chi connectivity index (χ4n) is 2.38. The fourth-order valence-corrected chi connectivity index (χ4v) is 3.21. The van der Waals surface area contributed by atoms with Crippen molar-refractivity contribution in [3.63, 3.8) is 0 Å². The van der Waals surface area contributed by atoms with E-state index in [0.29, 0.717) is 39.3 Å². The van der Waals surface area contributed by atoms with Crippen LogP contribution in [0.3, 0.4) is 0 Å². The van der Waals surface area contributed by atoms with Crippen LogP contribution in [-0.2, 0) is 21.4 Å². The van der Waals surface area contributed by atoms with Crippen molar-refractivity contribution in [3.8, 4) is 0 Å². The zero-order valence-electron chi connectivity index (χ0n) is 13.1. The highest BCUT2D eigenvalue weighted by atomic mass is 32.2. The monoisotopic (exact) mass is 325 g/mol. The maximum Gasteiger partial charge on any atom is 0.234 e. The van der Waals surface area contributed by atoms with Crippen LogP contribution in [0.15, 0.2) is 24.3 Å². The molecule has 7 heteroatoms. The van der Waals surface area contributed by atoms with Crippen LogP contribution in [0.5, 0.6) is 0 Å². The third kappa shape index (κ3) is 5.08. The van der Waals surface area contributed by atoms with E-state index in [0.717, 1.165) is 5.56 Å². The summed E-state index contributed by atoms with van der Waals surface area (Å²) in [4.78, 5) is 13.9. The Balaban J connectivity index is 1.73. The summed E-state index contributed by atoms with van der Waals surface area (Å²) >= 11 is 0. The van der Waals surface area contributed by atoms with Crippen molar-refractivity contribution in [2.24, 2.45) is 0 Å². The minimum Gasteiger partial charge on any atom is -0.351 e. The van der Waals surface area contributed by atoms with E-state index < -0.39 is 10.0 Å². The molecule has 1 saturated heterocycles. The topological polar surface area (TPSA) is 69.7 Å². The molecule has 1 aromatic rings. The molecular formula is C15H23N3O3S. The Kier molecular flexibility index (Phi) is 5.55. The second-order valence-corrected chi connectivity index (χ2v) is 7.68. The van der Waals surface area contributed by atoms with Crippen LogP contribution in [0, 0.1) is 6.92 Å². The van der Waals surface area contributed by atoms with Gasteiger partial charge in [0.25, 0.3) is 0 Å². The fraction of sp³-hybridized carbons (Fsp3) is 0.533. The molecule has 0 aromatic heterocycles. The van der Waals surface area contributed by atoms with Crippen molar-refractivity contribution in [1.82, 2.24) is 14.5 Å². The van der Waals surface area contributed by atoms with E-state index in [1.165, 1.54) is 16.1 Å². The van der Waals surface area contributed by atoms with Gasteiger partial charge in [0, 0.05) is 32.7 Å². The second kappa shape index (κ2) is 7.21. The highest BCUT2D eigenvalue weighted by molar-refractivity contribution is 7.88. The lowest BCUT2D eigenvalue weighted by Gasteiger charge is -2.32. The van der Waals surface area contributed by atoms with Gasteiger partial charge in [-0.2, -0.15) is 4.31 Å². The molecule has 1 amide bonds. The van der Waals surface area contributed by atoms with Gasteiger partial charge in [-0.3, -0.25) is 9.69 Å². The predicted octanol–water partition coefficient (Wildman–Crippen LogP) is 0.188. The van der Waals surface area contributed by atoms with Gasteiger partial charge in [0.1, 0.15) is 0 Å². The van der Waals surface area contributed by atoms with Gasteiger partial charge in [-0.05, 0) is 12.5 Å². The van der Waals surface area contributed by atoms with Crippen molar-refractivity contribution in [2.75, 3.05) is 39.0 Å². The van der Waals surface area contributed by atoms with Crippen LogP contribution < -0.4 is 5.32 Å². The molecular weight excluding hydrogens is 302 g/mol. The first kappa shape index (κ1) is 16.9. The number of carbonyl (C=O) groups is 1. The van der Waals surface area contributed by atoms with Gasteiger partial charge in [0.2, 0.25) is 15.9 Å². The molecule has 0 saturated carbocycles. The molecule has 1 fully saturated rings. The molecule has 6 nitrogen and oxygen atoms in total. The summed E-state index contributed by atoms with van der Waals surface area (Å²) in [6.07, 6.45) is 1.22. The standard InChI is InChI=1S/C15H23N3O3S/c1-13-3-5-14(6-4-13)11-16-15(19)12-17-7-9-18(10-8-17)22(2,20)21/h3-6H,7-12H2,1-2H3,(H,16,19). The number of amides is 1. The average Bonchev–Trinajstić information content (AvgIpc) is 2.46. The van der Waals surface area contributed by atoms with Crippen LogP contribution in [-0.4, -0.2) is 62.5 Å². The van der Waals surface area contributed by atoms with Gasteiger partial charge in [0.05, 0.1) is 12.8 Å². The van der Waals surface area contributed by atoms with Gasteiger partial charge in [-0.25, -0.2) is 8.42 Å². The van der Waals surface area contributed by atoms with Crippen molar-refractivity contribution in [2.45, 2.75) is 13.5 Å². The van der Waals surface area contributed by atoms with E-state index >= 15 is 0 Å². The molecule has 1 N–H and O–H groups in total. The molecule has 22 heavy (non-hydrogen) atoms. The van der Waals surface area contributed by atoms with E-state index in [4.69, 9.17) is 0 Å². The summed E-state index contributed by atoms with van der Waals surface area (Å²) in [7, 11) is -3.12. The lowest BCUT2D eigenvalue weighted by molar-refractivity contribution is -0.122. The molecule has 0 unspecified atom stereocenters. The van der Waals surface area contributed by atoms with E-state index in [2.05, 4.69) is 5.32 Å². The van der Waals surface area contributed by atoms with Crippen LogP contribution >= 0.6 is 0 Å². The average molecular weight is 325 g/mol. The SMILES string of the molecule is Cc1ccc(CNC(=O)CN2CCN(S(C)(=O)=O)CC2)cc1. The maximum atomic E-state index is 11.9. The normalized spacial score (nSPS) is 17.4. The lowest BCUT2D eigenvalue weighted by atomic mass is 10.1. The highest BCUT2D eigenvalue weighted by Crippen LogP contribution is 2.06. The van der Waals surface area contributed by atoms with Crippen molar-refractivity contribution in [3.05, 3.63) is 35.4 Å². The summed E-state index contributed by atoms with van der Waals surface area (Å²) in [5.74, 6) is -0.0339. The summed E-state index contributed by atoms with van der Waals surface area (Å²) < 4.78 is 24.3. The lowest BCUT2D eigenvalue weighted by Crippen LogP contribution is -2.50. The summed E-state index contributed by atoms with van der Waals surface area (Å²) in [6, 6.07) is 8.04. The van der Waals surface area contributed by atoms with E-state index in [1.54, 1.807) is 0 Å². The van der Waals surface area contributed by atoms with Gasteiger partial charge >= 0.3 is 0 Å². The summed E-state index contributed by atoms with van der Waals surface area (Å²) in [6.45, 7) is 4.93. The number of hydrogen-bond acceptors (Lipinski definition) is 4. The van der Waals surface area contributed by atoms with Crippen LogP contribution in [0.25, 0.3) is 0 Å². The smallest absolute Gasteiger partial charge is 0.234 e. The number of piperazine rings is 1. The highest BCUT2D eigenvalue weighted by Gasteiger charge is 2.24. The molecule has 1 aliphatic rings. The third-order valence-electron chi connectivity index (χ3n) is 3.78. The quantitative estimate of drug-likeness (QED) is 0.839. The molecule has 0 radical (unpaired) electrons. The maximum absolute atomic E-state index is 11.9. The Morgan fingerprint density at radius 1 is 1.14 bits per heavy atom. The van der Waals surface area contributed by atoms with Crippen LogP contribution in [0.1, 0.15) is 11.1 Å². The Hall–Kier alpha value is -1.44. The molecule has 0 spiro atoms. The van der Waals surface area contributed by atoms with Crippen LogP contribution in [0.2, 0.25) is 0 Å².